The largest absolute Gasteiger partial charge is 0.481 e. The van der Waals surface area contributed by atoms with Gasteiger partial charge in [-0.1, -0.05) is 20.8 Å². The van der Waals surface area contributed by atoms with Gasteiger partial charge in [0.2, 0.25) is 0 Å². The zero-order valence-corrected chi connectivity index (χ0v) is 7.42. The Morgan fingerprint density at radius 2 is 2.00 bits per heavy atom. The van der Waals surface area contributed by atoms with Crippen LogP contribution in [0, 0.1) is 17.3 Å². The van der Waals surface area contributed by atoms with Crippen molar-refractivity contribution in [2.75, 3.05) is 0 Å². The second-order valence-electron chi connectivity index (χ2n) is 4.19. The fourth-order valence-corrected chi connectivity index (χ4v) is 1.95. The first-order valence-electron chi connectivity index (χ1n) is 4.19. The van der Waals surface area contributed by atoms with Crippen LogP contribution in [0.2, 0.25) is 0 Å². The molecular formula is C9H16O2. The third-order valence-corrected chi connectivity index (χ3v) is 3.35. The van der Waals surface area contributed by atoms with Gasteiger partial charge in [-0.25, -0.2) is 0 Å². The molecule has 0 aromatic heterocycles. The van der Waals surface area contributed by atoms with E-state index in [2.05, 4.69) is 20.8 Å². The third kappa shape index (κ3) is 1.26. The van der Waals surface area contributed by atoms with E-state index in [0.717, 1.165) is 12.8 Å². The molecule has 0 heterocycles. The van der Waals surface area contributed by atoms with Gasteiger partial charge < -0.3 is 5.11 Å². The van der Waals surface area contributed by atoms with Gasteiger partial charge in [-0.15, -0.1) is 0 Å². The van der Waals surface area contributed by atoms with Crippen molar-refractivity contribution in [3.63, 3.8) is 0 Å². The summed E-state index contributed by atoms with van der Waals surface area (Å²) in [6.45, 7) is 6.26. The lowest BCUT2D eigenvalue weighted by Gasteiger charge is -2.28. The molecule has 2 heteroatoms. The fourth-order valence-electron chi connectivity index (χ4n) is 1.95. The van der Waals surface area contributed by atoms with Gasteiger partial charge >= 0.3 is 5.97 Å². The normalized spacial score (nSPS) is 35.5. The van der Waals surface area contributed by atoms with Crippen molar-refractivity contribution in [1.82, 2.24) is 0 Å². The monoisotopic (exact) mass is 156 g/mol. The summed E-state index contributed by atoms with van der Waals surface area (Å²) in [6.07, 6.45) is 1.91. The molecule has 1 fully saturated rings. The molecule has 1 aliphatic rings. The van der Waals surface area contributed by atoms with Crippen LogP contribution in [-0.4, -0.2) is 11.1 Å². The Labute approximate surface area is 67.6 Å². The average Bonchev–Trinajstić information content (AvgIpc) is 2.08. The summed E-state index contributed by atoms with van der Waals surface area (Å²) in [6, 6.07) is 0. The standard InChI is InChI=1S/C9H16O2/c1-6-4-5-7(8(10)11)9(6,2)3/h6-7H,4-5H2,1-3H3,(H,10,11)/t6-,7-/m0/s1. The van der Waals surface area contributed by atoms with Crippen LogP contribution in [0.4, 0.5) is 0 Å². The molecule has 0 aliphatic heterocycles. The molecule has 0 unspecified atom stereocenters. The summed E-state index contributed by atoms with van der Waals surface area (Å²) in [7, 11) is 0. The summed E-state index contributed by atoms with van der Waals surface area (Å²) in [5.41, 5.74) is -0.00810. The van der Waals surface area contributed by atoms with E-state index in [0.29, 0.717) is 5.92 Å². The van der Waals surface area contributed by atoms with Gasteiger partial charge in [-0.3, -0.25) is 4.79 Å². The van der Waals surface area contributed by atoms with Gasteiger partial charge in [-0.05, 0) is 24.2 Å². The van der Waals surface area contributed by atoms with Gasteiger partial charge in [0, 0.05) is 0 Å². The molecule has 0 amide bonds. The van der Waals surface area contributed by atoms with Crippen LogP contribution in [0.25, 0.3) is 0 Å². The minimum absolute atomic E-state index is 0.00810. The van der Waals surface area contributed by atoms with Crippen molar-refractivity contribution in [1.29, 1.82) is 0 Å². The van der Waals surface area contributed by atoms with Crippen molar-refractivity contribution in [2.45, 2.75) is 33.6 Å². The summed E-state index contributed by atoms with van der Waals surface area (Å²) in [5.74, 6) is -0.208. The number of carbonyl (C=O) groups is 1. The topological polar surface area (TPSA) is 37.3 Å². The molecule has 0 spiro atoms. The minimum atomic E-state index is -0.626. The first kappa shape index (κ1) is 8.57. The zero-order chi connectivity index (χ0) is 8.65. The van der Waals surface area contributed by atoms with Crippen LogP contribution >= 0.6 is 0 Å². The Morgan fingerprint density at radius 3 is 2.18 bits per heavy atom. The lowest BCUT2D eigenvalue weighted by Crippen LogP contribution is -2.29. The molecule has 2 atom stereocenters. The summed E-state index contributed by atoms with van der Waals surface area (Å²) in [4.78, 5) is 10.8. The predicted molar refractivity (Wildman–Crippen MR) is 43.3 cm³/mol. The Kier molecular flexibility index (Phi) is 1.95. The average molecular weight is 156 g/mol. The van der Waals surface area contributed by atoms with E-state index in [1.807, 2.05) is 0 Å². The summed E-state index contributed by atoms with van der Waals surface area (Å²) >= 11 is 0. The molecule has 0 aromatic rings. The maximum atomic E-state index is 10.8. The summed E-state index contributed by atoms with van der Waals surface area (Å²) < 4.78 is 0. The predicted octanol–water partition coefficient (Wildman–Crippen LogP) is 2.14. The van der Waals surface area contributed by atoms with Crippen LogP contribution in [0.3, 0.4) is 0 Å². The maximum absolute atomic E-state index is 10.8. The quantitative estimate of drug-likeness (QED) is 0.631. The Hall–Kier alpha value is -0.530. The van der Waals surface area contributed by atoms with E-state index >= 15 is 0 Å². The van der Waals surface area contributed by atoms with Gasteiger partial charge in [0.25, 0.3) is 0 Å². The number of hydrogen-bond donors (Lipinski definition) is 1. The first-order chi connectivity index (χ1) is 4.96. The lowest BCUT2D eigenvalue weighted by molar-refractivity contribution is -0.145. The van der Waals surface area contributed by atoms with E-state index < -0.39 is 5.97 Å². The van der Waals surface area contributed by atoms with Crippen LogP contribution in [-0.2, 0) is 4.79 Å². The second kappa shape index (κ2) is 2.50. The van der Waals surface area contributed by atoms with Crippen LogP contribution in [0.5, 0.6) is 0 Å². The van der Waals surface area contributed by atoms with Gasteiger partial charge in [-0.2, -0.15) is 0 Å². The molecule has 1 N–H and O–H groups in total. The maximum Gasteiger partial charge on any atom is 0.307 e. The Bertz CT molecular complexity index is 172. The van der Waals surface area contributed by atoms with Crippen LogP contribution < -0.4 is 0 Å². The van der Waals surface area contributed by atoms with E-state index in [1.165, 1.54) is 0 Å². The SMILES string of the molecule is C[C@H]1CC[C@@H](C(=O)O)C1(C)C. The van der Waals surface area contributed by atoms with Crippen molar-refractivity contribution in [2.24, 2.45) is 17.3 Å². The Balaban J connectivity index is 2.78. The molecule has 11 heavy (non-hydrogen) atoms. The van der Waals surface area contributed by atoms with Crippen LogP contribution in [0.15, 0.2) is 0 Å². The molecule has 1 aliphatic carbocycles. The minimum Gasteiger partial charge on any atom is -0.481 e. The number of aliphatic carboxylic acids is 1. The van der Waals surface area contributed by atoms with E-state index in [4.69, 9.17) is 5.11 Å². The van der Waals surface area contributed by atoms with Gasteiger partial charge in [0.05, 0.1) is 5.92 Å². The molecule has 2 nitrogen and oxygen atoms in total. The molecule has 1 rings (SSSR count). The third-order valence-electron chi connectivity index (χ3n) is 3.35. The van der Waals surface area contributed by atoms with E-state index in [9.17, 15) is 4.79 Å². The van der Waals surface area contributed by atoms with Gasteiger partial charge in [0.15, 0.2) is 0 Å². The second-order valence-corrected chi connectivity index (χ2v) is 4.19. The first-order valence-corrected chi connectivity index (χ1v) is 4.19. The highest BCUT2D eigenvalue weighted by Gasteiger charge is 2.44. The van der Waals surface area contributed by atoms with Gasteiger partial charge in [0.1, 0.15) is 0 Å². The van der Waals surface area contributed by atoms with E-state index in [-0.39, 0.29) is 11.3 Å². The molecule has 0 bridgehead atoms. The molecular weight excluding hydrogens is 140 g/mol. The zero-order valence-electron chi connectivity index (χ0n) is 7.42. The smallest absolute Gasteiger partial charge is 0.307 e. The molecule has 1 saturated carbocycles. The molecule has 64 valence electrons. The highest BCUT2D eigenvalue weighted by molar-refractivity contribution is 5.71. The highest BCUT2D eigenvalue weighted by atomic mass is 16.4. The van der Waals surface area contributed by atoms with Crippen molar-refractivity contribution < 1.29 is 9.90 Å². The summed E-state index contributed by atoms with van der Waals surface area (Å²) in [5, 5.41) is 8.87. The molecule has 0 aromatic carbocycles. The van der Waals surface area contributed by atoms with Crippen molar-refractivity contribution in [3.05, 3.63) is 0 Å². The number of hydrogen-bond acceptors (Lipinski definition) is 1. The van der Waals surface area contributed by atoms with Crippen molar-refractivity contribution in [3.8, 4) is 0 Å². The van der Waals surface area contributed by atoms with Crippen molar-refractivity contribution >= 4 is 5.97 Å². The van der Waals surface area contributed by atoms with Crippen LogP contribution in [0.1, 0.15) is 33.6 Å². The molecule has 0 saturated heterocycles. The lowest BCUT2D eigenvalue weighted by atomic mass is 9.76. The number of rotatable bonds is 1. The molecule has 0 radical (unpaired) electrons. The Morgan fingerprint density at radius 1 is 1.45 bits per heavy atom. The highest BCUT2D eigenvalue weighted by Crippen LogP contribution is 2.46. The number of carboxylic acid groups (broad SMARTS) is 1. The van der Waals surface area contributed by atoms with E-state index in [1.54, 1.807) is 0 Å². The number of carboxylic acids is 1. The fraction of sp³-hybridized carbons (Fsp3) is 0.889.